The molecule has 1 saturated heterocycles. The fourth-order valence-corrected chi connectivity index (χ4v) is 2.99. The minimum Gasteiger partial charge on any atom is -0.361 e. The van der Waals surface area contributed by atoms with Crippen LogP contribution in [-0.2, 0) is 9.53 Å². The summed E-state index contributed by atoms with van der Waals surface area (Å²) in [5.41, 5.74) is 0.0462. The first-order chi connectivity index (χ1) is 8.59. The van der Waals surface area contributed by atoms with Crippen molar-refractivity contribution in [3.05, 3.63) is 0 Å². The fourth-order valence-electron chi connectivity index (χ4n) is 2.99. The van der Waals surface area contributed by atoms with E-state index in [1.807, 2.05) is 4.90 Å². The van der Waals surface area contributed by atoms with Crippen molar-refractivity contribution < 1.29 is 9.53 Å². The Kier molecular flexibility index (Phi) is 5.05. The Bertz CT molecular complexity index is 312. The quantitative estimate of drug-likeness (QED) is 0.767. The van der Waals surface area contributed by atoms with Crippen molar-refractivity contribution in [3.63, 3.8) is 0 Å². The molecule has 1 heterocycles. The minimum absolute atomic E-state index is 0.0292. The van der Waals surface area contributed by atoms with E-state index in [4.69, 9.17) is 4.74 Å². The summed E-state index contributed by atoms with van der Waals surface area (Å²) in [5.74, 6) is 0.565. The summed E-state index contributed by atoms with van der Waals surface area (Å²) >= 11 is 0. The molecule has 2 atom stereocenters. The van der Waals surface area contributed by atoms with Crippen LogP contribution in [0.15, 0.2) is 0 Å². The Morgan fingerprint density at radius 1 is 1.16 bits per heavy atom. The molecule has 0 radical (unpaired) electrons. The molecule has 1 aliphatic rings. The highest BCUT2D eigenvalue weighted by Crippen LogP contribution is 2.43. The maximum Gasteiger partial charge on any atom is 0.228 e. The average molecular weight is 269 g/mol. The molecule has 2 unspecified atom stereocenters. The van der Waals surface area contributed by atoms with E-state index in [0.717, 1.165) is 13.0 Å². The molecule has 1 aliphatic heterocycles. The molecule has 0 bridgehead atoms. The maximum atomic E-state index is 12.9. The standard InChI is InChI=1S/C16H31NO2/c1-8-9-17-11-19-10-12(15(2,3)4)13(14(17)18)16(5,6)7/h12-13H,8-11H2,1-7H3. The van der Waals surface area contributed by atoms with Gasteiger partial charge in [-0.15, -0.1) is 0 Å². The lowest BCUT2D eigenvalue weighted by molar-refractivity contribution is -0.143. The molecule has 0 N–H and O–H groups in total. The first kappa shape index (κ1) is 16.5. The van der Waals surface area contributed by atoms with Crippen LogP contribution in [0.2, 0.25) is 0 Å². The van der Waals surface area contributed by atoms with Gasteiger partial charge in [0, 0.05) is 12.5 Å². The van der Waals surface area contributed by atoms with Gasteiger partial charge >= 0.3 is 0 Å². The van der Waals surface area contributed by atoms with Crippen LogP contribution in [0.25, 0.3) is 0 Å². The zero-order chi connectivity index (χ0) is 14.8. The van der Waals surface area contributed by atoms with E-state index >= 15 is 0 Å². The third kappa shape index (κ3) is 3.95. The van der Waals surface area contributed by atoms with Crippen molar-refractivity contribution >= 4 is 5.91 Å². The Morgan fingerprint density at radius 3 is 2.16 bits per heavy atom. The van der Waals surface area contributed by atoms with Crippen molar-refractivity contribution in [2.75, 3.05) is 19.9 Å². The van der Waals surface area contributed by atoms with E-state index in [1.54, 1.807) is 0 Å². The second-order valence-electron chi connectivity index (χ2n) is 7.92. The summed E-state index contributed by atoms with van der Waals surface area (Å²) in [5, 5.41) is 0. The molecule has 112 valence electrons. The van der Waals surface area contributed by atoms with Crippen molar-refractivity contribution in [1.82, 2.24) is 4.90 Å². The summed E-state index contributed by atoms with van der Waals surface area (Å²) in [4.78, 5) is 14.8. The molecule has 1 rings (SSSR count). The lowest BCUT2D eigenvalue weighted by atomic mass is 9.64. The summed E-state index contributed by atoms with van der Waals surface area (Å²) in [6.07, 6.45) is 0.978. The number of ether oxygens (including phenoxy) is 1. The largest absolute Gasteiger partial charge is 0.361 e. The summed E-state index contributed by atoms with van der Waals surface area (Å²) in [6.45, 7) is 17.2. The first-order valence-corrected chi connectivity index (χ1v) is 7.45. The van der Waals surface area contributed by atoms with E-state index in [1.165, 1.54) is 0 Å². The van der Waals surface area contributed by atoms with Crippen LogP contribution >= 0.6 is 0 Å². The van der Waals surface area contributed by atoms with Crippen LogP contribution < -0.4 is 0 Å². The van der Waals surface area contributed by atoms with E-state index in [-0.39, 0.29) is 28.6 Å². The van der Waals surface area contributed by atoms with Crippen LogP contribution in [0.4, 0.5) is 0 Å². The van der Waals surface area contributed by atoms with Gasteiger partial charge in [0.1, 0.15) is 6.73 Å². The average Bonchev–Trinajstić information content (AvgIpc) is 2.38. The van der Waals surface area contributed by atoms with Gasteiger partial charge in [-0.2, -0.15) is 0 Å². The molecular weight excluding hydrogens is 238 g/mol. The molecule has 0 spiro atoms. The zero-order valence-electron chi connectivity index (χ0n) is 13.7. The number of rotatable bonds is 2. The number of hydrogen-bond donors (Lipinski definition) is 0. The predicted octanol–water partition coefficient (Wildman–Crippen LogP) is 3.54. The van der Waals surface area contributed by atoms with Crippen LogP contribution in [0, 0.1) is 22.7 Å². The van der Waals surface area contributed by atoms with Gasteiger partial charge in [-0.25, -0.2) is 0 Å². The van der Waals surface area contributed by atoms with Gasteiger partial charge in [-0.1, -0.05) is 48.5 Å². The minimum atomic E-state index is -0.0330. The zero-order valence-corrected chi connectivity index (χ0v) is 13.7. The van der Waals surface area contributed by atoms with Gasteiger partial charge in [0.25, 0.3) is 0 Å². The maximum absolute atomic E-state index is 12.9. The second-order valence-corrected chi connectivity index (χ2v) is 7.92. The van der Waals surface area contributed by atoms with Crippen LogP contribution in [0.5, 0.6) is 0 Å². The lowest BCUT2D eigenvalue weighted by Crippen LogP contribution is -2.46. The third-order valence-electron chi connectivity index (χ3n) is 4.06. The highest BCUT2D eigenvalue weighted by molar-refractivity contribution is 5.80. The Hall–Kier alpha value is -0.570. The summed E-state index contributed by atoms with van der Waals surface area (Å²) in [7, 11) is 0. The molecule has 0 aromatic heterocycles. The van der Waals surface area contributed by atoms with E-state index < -0.39 is 0 Å². The highest BCUT2D eigenvalue weighted by Gasteiger charge is 2.46. The van der Waals surface area contributed by atoms with Crippen LogP contribution in [0.1, 0.15) is 54.9 Å². The normalized spacial score (nSPS) is 26.5. The van der Waals surface area contributed by atoms with Crippen molar-refractivity contribution in [2.45, 2.75) is 54.9 Å². The molecule has 3 nitrogen and oxygen atoms in total. The van der Waals surface area contributed by atoms with Crippen LogP contribution in [0.3, 0.4) is 0 Å². The molecular formula is C16H31NO2. The second kappa shape index (κ2) is 5.82. The molecule has 3 heteroatoms. The van der Waals surface area contributed by atoms with Crippen molar-refractivity contribution in [1.29, 1.82) is 0 Å². The topological polar surface area (TPSA) is 29.5 Å². The summed E-state index contributed by atoms with van der Waals surface area (Å²) in [6, 6.07) is 0. The van der Waals surface area contributed by atoms with E-state index in [2.05, 4.69) is 48.5 Å². The number of carbonyl (C=O) groups is 1. The molecule has 0 aliphatic carbocycles. The molecule has 0 saturated carbocycles. The summed E-state index contributed by atoms with van der Waals surface area (Å²) < 4.78 is 5.80. The SMILES string of the molecule is CCCN1COCC(C(C)(C)C)C(C(C)(C)C)C1=O. The number of amides is 1. The van der Waals surface area contributed by atoms with Gasteiger partial charge < -0.3 is 9.64 Å². The van der Waals surface area contributed by atoms with Gasteiger partial charge in [0.15, 0.2) is 0 Å². The number of hydrogen-bond acceptors (Lipinski definition) is 2. The molecule has 0 aromatic rings. The molecule has 0 aromatic carbocycles. The van der Waals surface area contributed by atoms with E-state index in [0.29, 0.717) is 13.3 Å². The third-order valence-corrected chi connectivity index (χ3v) is 4.06. The Labute approximate surface area is 118 Å². The Balaban J connectivity index is 3.11. The first-order valence-electron chi connectivity index (χ1n) is 7.45. The fraction of sp³-hybridized carbons (Fsp3) is 0.938. The van der Waals surface area contributed by atoms with Gasteiger partial charge in [-0.05, 0) is 23.2 Å². The monoisotopic (exact) mass is 269 g/mol. The number of carbonyl (C=O) groups excluding carboxylic acids is 1. The van der Waals surface area contributed by atoms with Crippen LogP contribution in [-0.4, -0.2) is 30.7 Å². The van der Waals surface area contributed by atoms with Gasteiger partial charge in [0.05, 0.1) is 6.61 Å². The van der Waals surface area contributed by atoms with Crippen molar-refractivity contribution in [2.24, 2.45) is 22.7 Å². The smallest absolute Gasteiger partial charge is 0.228 e. The molecule has 1 amide bonds. The lowest BCUT2D eigenvalue weighted by Gasteiger charge is -2.41. The number of nitrogens with zero attached hydrogens (tertiary/aromatic N) is 1. The predicted molar refractivity (Wildman–Crippen MR) is 78.7 cm³/mol. The van der Waals surface area contributed by atoms with E-state index in [9.17, 15) is 4.79 Å². The molecule has 1 fully saturated rings. The highest BCUT2D eigenvalue weighted by atomic mass is 16.5. The van der Waals surface area contributed by atoms with Crippen molar-refractivity contribution in [3.8, 4) is 0 Å². The van der Waals surface area contributed by atoms with Gasteiger partial charge in [-0.3, -0.25) is 4.79 Å². The Morgan fingerprint density at radius 2 is 1.74 bits per heavy atom. The van der Waals surface area contributed by atoms with Gasteiger partial charge in [0.2, 0.25) is 5.91 Å². The molecule has 19 heavy (non-hydrogen) atoms.